The van der Waals surface area contributed by atoms with Crippen molar-refractivity contribution < 1.29 is 9.53 Å². The average molecular weight is 491 g/mol. The summed E-state index contributed by atoms with van der Waals surface area (Å²) in [6.07, 6.45) is 1.79. The molecule has 0 atom stereocenters. The highest BCUT2D eigenvalue weighted by atomic mass is 35.5. The predicted molar refractivity (Wildman–Crippen MR) is 137 cm³/mol. The molecule has 0 spiro atoms. The predicted octanol–water partition coefficient (Wildman–Crippen LogP) is 6.50. The normalized spacial score (nSPS) is 14.6. The van der Waals surface area contributed by atoms with E-state index in [0.29, 0.717) is 32.1 Å². The van der Waals surface area contributed by atoms with Gasteiger partial charge in [0, 0.05) is 5.56 Å². The number of benzene rings is 3. The molecule has 0 unspecified atom stereocenters. The van der Waals surface area contributed by atoms with Crippen LogP contribution in [0.5, 0.6) is 5.75 Å². The Morgan fingerprint density at radius 1 is 1.15 bits per heavy atom. The first-order valence-electron chi connectivity index (χ1n) is 10.2. The van der Waals surface area contributed by atoms with Crippen LogP contribution in [-0.4, -0.2) is 15.1 Å². The largest absolute Gasteiger partial charge is 0.487 e. The molecule has 0 bridgehead atoms. The summed E-state index contributed by atoms with van der Waals surface area (Å²) >= 11 is 13.1. The highest BCUT2D eigenvalue weighted by molar-refractivity contribution is 8.26. The van der Waals surface area contributed by atoms with Crippen LogP contribution in [0.15, 0.2) is 71.6 Å². The van der Waals surface area contributed by atoms with Gasteiger partial charge in [-0.2, -0.15) is 5.26 Å². The molecular weight excluding hydrogens is 472 g/mol. The van der Waals surface area contributed by atoms with Gasteiger partial charge in [-0.25, -0.2) is 0 Å². The number of thioether (sulfide) groups is 1. The molecular formula is C26H19ClN2O2S2. The number of carbonyl (C=O) groups is 1. The lowest BCUT2D eigenvalue weighted by Gasteiger charge is -2.14. The van der Waals surface area contributed by atoms with Gasteiger partial charge in [-0.05, 0) is 42.3 Å². The van der Waals surface area contributed by atoms with Gasteiger partial charge >= 0.3 is 0 Å². The SMILES string of the molecule is Cc1ccc(CN2C(=O)C(=Cc3ccc(OCc4ccccc4C#N)c(Cl)c3)SC2=S)cc1. The second-order valence-electron chi connectivity index (χ2n) is 7.50. The minimum Gasteiger partial charge on any atom is -0.487 e. The van der Waals surface area contributed by atoms with Gasteiger partial charge in [-0.15, -0.1) is 0 Å². The summed E-state index contributed by atoms with van der Waals surface area (Å²) in [7, 11) is 0. The van der Waals surface area contributed by atoms with E-state index in [-0.39, 0.29) is 12.5 Å². The molecule has 3 aromatic carbocycles. The number of ether oxygens (including phenoxy) is 1. The molecule has 0 radical (unpaired) electrons. The van der Waals surface area contributed by atoms with Gasteiger partial charge in [0.15, 0.2) is 0 Å². The van der Waals surface area contributed by atoms with E-state index in [0.717, 1.165) is 16.7 Å². The first kappa shape index (κ1) is 23.1. The second kappa shape index (κ2) is 10.2. The number of amides is 1. The number of nitrogens with zero attached hydrogens (tertiary/aromatic N) is 2. The van der Waals surface area contributed by atoms with Crippen LogP contribution in [0.1, 0.15) is 27.8 Å². The zero-order valence-corrected chi connectivity index (χ0v) is 20.1. The van der Waals surface area contributed by atoms with Gasteiger partial charge in [0.1, 0.15) is 16.7 Å². The highest BCUT2D eigenvalue weighted by Gasteiger charge is 2.32. The molecule has 1 aliphatic heterocycles. The van der Waals surface area contributed by atoms with E-state index in [1.165, 1.54) is 17.3 Å². The molecule has 33 heavy (non-hydrogen) atoms. The fourth-order valence-electron chi connectivity index (χ4n) is 3.30. The number of thiocarbonyl (C=S) groups is 1. The maximum absolute atomic E-state index is 12.9. The van der Waals surface area contributed by atoms with Crippen LogP contribution in [0.4, 0.5) is 0 Å². The van der Waals surface area contributed by atoms with Crippen molar-refractivity contribution in [2.24, 2.45) is 0 Å². The zero-order valence-electron chi connectivity index (χ0n) is 17.7. The first-order valence-corrected chi connectivity index (χ1v) is 11.8. The number of carbonyl (C=O) groups excluding carboxylic acids is 1. The van der Waals surface area contributed by atoms with Gasteiger partial charge < -0.3 is 4.74 Å². The summed E-state index contributed by atoms with van der Waals surface area (Å²) in [6.45, 7) is 2.71. The molecule has 1 amide bonds. The van der Waals surface area contributed by atoms with E-state index in [2.05, 4.69) is 6.07 Å². The number of rotatable bonds is 6. The monoisotopic (exact) mass is 490 g/mol. The Hall–Kier alpha value is -3.11. The number of hydrogen-bond acceptors (Lipinski definition) is 5. The van der Waals surface area contributed by atoms with Crippen LogP contribution in [0.2, 0.25) is 5.02 Å². The third-order valence-corrected chi connectivity index (χ3v) is 6.78. The summed E-state index contributed by atoms with van der Waals surface area (Å²) in [5.74, 6) is 0.392. The van der Waals surface area contributed by atoms with Gasteiger partial charge in [0.25, 0.3) is 5.91 Å². The Labute approximate surface area is 207 Å². The van der Waals surface area contributed by atoms with Gasteiger partial charge in [-0.3, -0.25) is 9.69 Å². The maximum Gasteiger partial charge on any atom is 0.266 e. The zero-order chi connectivity index (χ0) is 23.4. The molecule has 164 valence electrons. The van der Waals surface area contributed by atoms with Gasteiger partial charge in [-0.1, -0.05) is 89.7 Å². The van der Waals surface area contributed by atoms with Crippen LogP contribution in [0.25, 0.3) is 6.08 Å². The van der Waals surface area contributed by atoms with Crippen molar-refractivity contribution in [3.05, 3.63) is 104 Å². The standard InChI is InChI=1S/C26H19ClN2O2S2/c1-17-6-8-18(9-7-17)15-29-25(30)24(33-26(29)32)13-19-10-11-23(22(27)12-19)31-16-21-5-3-2-4-20(21)14-28/h2-13H,15-16H2,1H3. The Bertz CT molecular complexity index is 1300. The van der Waals surface area contributed by atoms with Crippen LogP contribution in [0.3, 0.4) is 0 Å². The highest BCUT2D eigenvalue weighted by Crippen LogP contribution is 2.35. The number of aryl methyl sites for hydroxylation is 1. The molecule has 0 aliphatic carbocycles. The molecule has 1 saturated heterocycles. The van der Waals surface area contributed by atoms with E-state index < -0.39 is 0 Å². The van der Waals surface area contributed by atoms with E-state index in [9.17, 15) is 10.1 Å². The fourth-order valence-corrected chi connectivity index (χ4v) is 4.80. The number of nitriles is 1. The Morgan fingerprint density at radius 2 is 1.91 bits per heavy atom. The smallest absolute Gasteiger partial charge is 0.266 e. The summed E-state index contributed by atoms with van der Waals surface area (Å²) in [6, 6.07) is 22.8. The number of hydrogen-bond donors (Lipinski definition) is 0. The van der Waals surface area contributed by atoms with Crippen molar-refractivity contribution in [1.29, 1.82) is 5.26 Å². The van der Waals surface area contributed by atoms with E-state index in [4.69, 9.17) is 28.6 Å². The Morgan fingerprint density at radius 3 is 2.64 bits per heavy atom. The van der Waals surface area contributed by atoms with Crippen LogP contribution in [-0.2, 0) is 17.9 Å². The third-order valence-electron chi connectivity index (χ3n) is 5.11. The molecule has 7 heteroatoms. The Balaban J connectivity index is 1.46. The molecule has 0 aromatic heterocycles. The molecule has 1 aliphatic rings. The van der Waals surface area contributed by atoms with Crippen molar-refractivity contribution in [2.45, 2.75) is 20.1 Å². The van der Waals surface area contributed by atoms with Crippen molar-refractivity contribution in [3.63, 3.8) is 0 Å². The molecule has 4 rings (SSSR count). The van der Waals surface area contributed by atoms with Crippen LogP contribution >= 0.6 is 35.6 Å². The maximum atomic E-state index is 12.9. The quantitative estimate of drug-likeness (QED) is 0.291. The minimum atomic E-state index is -0.116. The fraction of sp³-hybridized carbons (Fsp3) is 0.115. The first-order chi connectivity index (χ1) is 15.9. The summed E-state index contributed by atoms with van der Waals surface area (Å²) in [4.78, 5) is 15.1. The molecule has 1 fully saturated rings. The Kier molecular flexibility index (Phi) is 7.14. The van der Waals surface area contributed by atoms with Crippen LogP contribution < -0.4 is 4.74 Å². The lowest BCUT2D eigenvalue weighted by Crippen LogP contribution is -2.27. The van der Waals surface area contributed by atoms with Gasteiger partial charge in [0.05, 0.1) is 28.1 Å². The molecule has 0 N–H and O–H groups in total. The van der Waals surface area contributed by atoms with Crippen molar-refractivity contribution in [3.8, 4) is 11.8 Å². The summed E-state index contributed by atoms with van der Waals surface area (Å²) in [5.41, 5.74) is 4.33. The van der Waals surface area contributed by atoms with Crippen molar-refractivity contribution in [2.75, 3.05) is 0 Å². The molecule has 3 aromatic rings. The van der Waals surface area contributed by atoms with Crippen LogP contribution in [0, 0.1) is 18.3 Å². The van der Waals surface area contributed by atoms with E-state index in [1.54, 1.807) is 29.2 Å². The minimum absolute atomic E-state index is 0.116. The average Bonchev–Trinajstić information content (AvgIpc) is 3.07. The lowest BCUT2D eigenvalue weighted by atomic mass is 10.1. The summed E-state index contributed by atoms with van der Waals surface area (Å²) < 4.78 is 6.35. The third kappa shape index (κ3) is 5.45. The molecule has 1 heterocycles. The van der Waals surface area contributed by atoms with Gasteiger partial charge in [0.2, 0.25) is 0 Å². The second-order valence-corrected chi connectivity index (χ2v) is 9.58. The van der Waals surface area contributed by atoms with E-state index >= 15 is 0 Å². The van der Waals surface area contributed by atoms with E-state index in [1.807, 2.05) is 55.5 Å². The molecule has 4 nitrogen and oxygen atoms in total. The van der Waals surface area contributed by atoms with Crippen molar-refractivity contribution in [1.82, 2.24) is 4.90 Å². The van der Waals surface area contributed by atoms with Crippen molar-refractivity contribution >= 4 is 51.9 Å². The molecule has 0 saturated carbocycles. The summed E-state index contributed by atoms with van der Waals surface area (Å²) in [5, 5.41) is 9.64. The number of halogens is 1. The topological polar surface area (TPSA) is 53.3 Å². The lowest BCUT2D eigenvalue weighted by molar-refractivity contribution is -0.122.